The molecule has 0 radical (unpaired) electrons. The number of amides is 1. The van der Waals surface area contributed by atoms with Gasteiger partial charge in [0.15, 0.2) is 0 Å². The summed E-state index contributed by atoms with van der Waals surface area (Å²) in [6.45, 7) is 2.94. The van der Waals surface area contributed by atoms with E-state index in [1.807, 2.05) is 35.2 Å². The molecule has 0 atom stereocenters. The maximum absolute atomic E-state index is 12.7. The van der Waals surface area contributed by atoms with Crippen molar-refractivity contribution in [1.29, 1.82) is 5.26 Å². The van der Waals surface area contributed by atoms with E-state index < -0.39 is 0 Å². The maximum atomic E-state index is 12.7. The van der Waals surface area contributed by atoms with Crippen LogP contribution in [0.5, 0.6) is 0 Å². The fourth-order valence-corrected chi connectivity index (χ4v) is 4.25. The van der Waals surface area contributed by atoms with Gasteiger partial charge in [-0.2, -0.15) is 5.26 Å². The van der Waals surface area contributed by atoms with Crippen LogP contribution in [0.2, 0.25) is 0 Å². The molecule has 4 nitrogen and oxygen atoms in total. The van der Waals surface area contributed by atoms with Crippen molar-refractivity contribution >= 4 is 23.4 Å². The van der Waals surface area contributed by atoms with Crippen molar-refractivity contribution in [3.8, 4) is 6.07 Å². The number of carbonyl (C=O) groups excluding carboxylic acids is 1. The molecule has 2 heterocycles. The maximum Gasteiger partial charge on any atom is 0.227 e. The number of rotatable bonds is 7. The topological polar surface area (TPSA) is 57.0 Å². The molecular weight excluding hydrogens is 354 g/mol. The molecule has 27 heavy (non-hydrogen) atoms. The Hall–Kier alpha value is -2.32. The highest BCUT2D eigenvalue weighted by Crippen LogP contribution is 2.28. The molecule has 3 rings (SSSR count). The van der Waals surface area contributed by atoms with Gasteiger partial charge in [0.2, 0.25) is 5.91 Å². The van der Waals surface area contributed by atoms with Crippen LogP contribution in [-0.2, 0) is 17.6 Å². The number of nitriles is 1. The summed E-state index contributed by atoms with van der Waals surface area (Å²) in [5.41, 5.74) is 3.92. The Morgan fingerprint density at radius 1 is 1.30 bits per heavy atom. The second-order valence-electron chi connectivity index (χ2n) is 6.75. The van der Waals surface area contributed by atoms with Crippen LogP contribution in [0.3, 0.4) is 0 Å². The van der Waals surface area contributed by atoms with Crippen molar-refractivity contribution in [2.45, 2.75) is 50.5 Å². The summed E-state index contributed by atoms with van der Waals surface area (Å²) < 4.78 is 0. The Balaban J connectivity index is 1.61. The molecule has 0 saturated carbocycles. The number of fused-ring (bicyclic) bond motifs is 1. The predicted octanol–water partition coefficient (Wildman–Crippen LogP) is 4.76. The van der Waals surface area contributed by atoms with E-state index in [0.717, 1.165) is 55.1 Å². The summed E-state index contributed by atoms with van der Waals surface area (Å²) in [6, 6.07) is 14.2. The van der Waals surface area contributed by atoms with Crippen LogP contribution in [-0.4, -0.2) is 23.2 Å². The predicted molar refractivity (Wildman–Crippen MR) is 110 cm³/mol. The van der Waals surface area contributed by atoms with E-state index in [1.54, 1.807) is 0 Å². The van der Waals surface area contributed by atoms with Gasteiger partial charge in [-0.1, -0.05) is 31.5 Å². The Labute approximate surface area is 165 Å². The lowest BCUT2D eigenvalue weighted by Gasteiger charge is -2.29. The number of carbonyl (C=O) groups is 1. The van der Waals surface area contributed by atoms with Gasteiger partial charge in [-0.3, -0.25) is 4.79 Å². The zero-order valence-corrected chi connectivity index (χ0v) is 16.6. The number of para-hydroxylation sites is 1. The molecule has 140 valence electrons. The minimum absolute atomic E-state index is 0.148. The van der Waals surface area contributed by atoms with Crippen LogP contribution < -0.4 is 4.90 Å². The van der Waals surface area contributed by atoms with Gasteiger partial charge in [0.25, 0.3) is 0 Å². The highest BCUT2D eigenvalue weighted by molar-refractivity contribution is 7.99. The summed E-state index contributed by atoms with van der Waals surface area (Å²) in [5.74, 6) is 0.784. The van der Waals surface area contributed by atoms with E-state index in [2.05, 4.69) is 24.0 Å². The smallest absolute Gasteiger partial charge is 0.227 e. The van der Waals surface area contributed by atoms with Crippen molar-refractivity contribution in [3.05, 3.63) is 53.2 Å². The van der Waals surface area contributed by atoms with E-state index in [9.17, 15) is 10.1 Å². The number of hydrogen-bond acceptors (Lipinski definition) is 4. The van der Waals surface area contributed by atoms with Gasteiger partial charge in [-0.25, -0.2) is 4.98 Å². The highest BCUT2D eigenvalue weighted by Gasteiger charge is 2.21. The first kappa shape index (κ1) is 19.4. The van der Waals surface area contributed by atoms with Crippen molar-refractivity contribution < 1.29 is 4.79 Å². The van der Waals surface area contributed by atoms with Gasteiger partial charge >= 0.3 is 0 Å². The second kappa shape index (κ2) is 9.57. The Kier molecular flexibility index (Phi) is 6.89. The number of aryl methyl sites for hydroxylation is 2. The number of nitrogens with zero attached hydrogens (tertiary/aromatic N) is 3. The second-order valence-corrected chi connectivity index (χ2v) is 7.83. The molecule has 1 aliphatic heterocycles. The fourth-order valence-electron chi connectivity index (χ4n) is 3.33. The van der Waals surface area contributed by atoms with Crippen molar-refractivity contribution in [3.63, 3.8) is 0 Å². The van der Waals surface area contributed by atoms with E-state index in [4.69, 9.17) is 0 Å². The number of thioether (sulfide) groups is 1. The number of hydrogen-bond donors (Lipinski definition) is 0. The van der Waals surface area contributed by atoms with Gasteiger partial charge in [0.05, 0.1) is 5.56 Å². The fraction of sp³-hybridized carbons (Fsp3) is 0.409. The largest absolute Gasteiger partial charge is 0.312 e. The third-order valence-electron chi connectivity index (χ3n) is 4.79. The molecular formula is C22H25N3OS. The van der Waals surface area contributed by atoms with Crippen LogP contribution >= 0.6 is 11.8 Å². The molecule has 0 aliphatic carbocycles. The summed E-state index contributed by atoms with van der Waals surface area (Å²) in [4.78, 5) is 19.3. The summed E-state index contributed by atoms with van der Waals surface area (Å²) in [5, 5.41) is 10.1. The first-order chi connectivity index (χ1) is 13.2. The average molecular weight is 380 g/mol. The molecule has 0 saturated heterocycles. The van der Waals surface area contributed by atoms with Gasteiger partial charge < -0.3 is 4.90 Å². The zero-order chi connectivity index (χ0) is 19.1. The first-order valence-electron chi connectivity index (χ1n) is 9.64. The van der Waals surface area contributed by atoms with Crippen LogP contribution in [0, 0.1) is 11.3 Å². The molecule has 1 aromatic heterocycles. The Bertz CT molecular complexity index is 844. The molecule has 0 N–H and O–H groups in total. The Morgan fingerprint density at radius 3 is 2.96 bits per heavy atom. The molecule has 2 aromatic rings. The first-order valence-corrected chi connectivity index (χ1v) is 10.6. The molecule has 1 aromatic carbocycles. The van der Waals surface area contributed by atoms with Crippen LogP contribution in [0.4, 0.5) is 5.69 Å². The summed E-state index contributed by atoms with van der Waals surface area (Å²) in [6.07, 6.45) is 5.64. The SMILES string of the molecule is CCCCc1ccc(C#N)c(SCCC(=O)N2CCCc3ccccc32)n1. The number of pyridine rings is 1. The van der Waals surface area contributed by atoms with Crippen molar-refractivity contribution in [2.75, 3.05) is 17.2 Å². The number of benzene rings is 1. The minimum Gasteiger partial charge on any atom is -0.312 e. The number of anilines is 1. The molecule has 0 bridgehead atoms. The molecule has 5 heteroatoms. The van der Waals surface area contributed by atoms with Crippen LogP contribution in [0.15, 0.2) is 41.4 Å². The Morgan fingerprint density at radius 2 is 2.15 bits per heavy atom. The third kappa shape index (κ3) is 4.90. The lowest BCUT2D eigenvalue weighted by molar-refractivity contribution is -0.118. The van der Waals surface area contributed by atoms with Gasteiger partial charge in [-0.05, 0) is 49.4 Å². The molecule has 0 unspecified atom stereocenters. The van der Waals surface area contributed by atoms with Crippen molar-refractivity contribution in [2.24, 2.45) is 0 Å². The molecule has 0 fully saturated rings. The van der Waals surface area contributed by atoms with Crippen LogP contribution in [0.25, 0.3) is 0 Å². The lowest BCUT2D eigenvalue weighted by Crippen LogP contribution is -2.35. The number of aromatic nitrogens is 1. The monoisotopic (exact) mass is 379 g/mol. The van der Waals surface area contributed by atoms with Crippen LogP contribution in [0.1, 0.15) is 49.4 Å². The van der Waals surface area contributed by atoms with Crippen molar-refractivity contribution in [1.82, 2.24) is 4.98 Å². The van der Waals surface area contributed by atoms with E-state index in [1.165, 1.54) is 17.3 Å². The average Bonchev–Trinajstić information content (AvgIpc) is 2.71. The number of unbranched alkanes of at least 4 members (excludes halogenated alkanes) is 1. The van der Waals surface area contributed by atoms with Gasteiger partial charge in [0, 0.05) is 30.1 Å². The normalized spacial score (nSPS) is 13.1. The van der Waals surface area contributed by atoms with E-state index in [0.29, 0.717) is 17.7 Å². The lowest BCUT2D eigenvalue weighted by atomic mass is 10.0. The van der Waals surface area contributed by atoms with Gasteiger partial charge in [-0.15, -0.1) is 11.8 Å². The van der Waals surface area contributed by atoms with E-state index in [-0.39, 0.29) is 5.91 Å². The summed E-state index contributed by atoms with van der Waals surface area (Å²) in [7, 11) is 0. The molecule has 0 spiro atoms. The third-order valence-corrected chi connectivity index (χ3v) is 5.78. The van der Waals surface area contributed by atoms with E-state index >= 15 is 0 Å². The standard InChI is InChI=1S/C22H25N3OS/c1-2-3-9-19-12-11-18(16-23)22(24-19)27-15-13-21(26)25-14-6-8-17-7-4-5-10-20(17)25/h4-5,7,10-12H,2-3,6,8-9,13-15H2,1H3. The quantitative estimate of drug-likeness (QED) is 0.651. The molecule has 1 aliphatic rings. The summed E-state index contributed by atoms with van der Waals surface area (Å²) >= 11 is 1.51. The zero-order valence-electron chi connectivity index (χ0n) is 15.8. The molecule has 1 amide bonds. The minimum atomic E-state index is 0.148. The van der Waals surface area contributed by atoms with Gasteiger partial charge in [0.1, 0.15) is 11.1 Å². The highest BCUT2D eigenvalue weighted by atomic mass is 32.2.